The number of carbonyl (C=O) groups excluding carboxylic acids is 3. The van der Waals surface area contributed by atoms with Crippen LogP contribution in [0.5, 0.6) is 0 Å². The summed E-state index contributed by atoms with van der Waals surface area (Å²) in [5, 5.41) is 0. The normalized spacial score (nSPS) is 20.4. The number of Topliss-reactive ketones (excluding diaryl/α,β-unsaturated/α-hetero) is 1. The van der Waals surface area contributed by atoms with Crippen LogP contribution in [0.15, 0.2) is 53.0 Å². The molecule has 0 aromatic heterocycles. The van der Waals surface area contributed by atoms with Crippen LogP contribution in [0.1, 0.15) is 33.5 Å². The Bertz CT molecular complexity index is 1170. The monoisotopic (exact) mass is 419 g/mol. The highest BCUT2D eigenvalue weighted by Gasteiger charge is 2.62. The Morgan fingerprint density at radius 2 is 1.61 bits per heavy atom. The van der Waals surface area contributed by atoms with E-state index in [0.717, 1.165) is 11.1 Å². The zero-order valence-electron chi connectivity index (χ0n) is 17.6. The molecule has 1 heterocycles. The summed E-state index contributed by atoms with van der Waals surface area (Å²) in [6, 6.07) is 12.5. The molecule has 7 nitrogen and oxygen atoms in total. The minimum Gasteiger partial charge on any atom is -0.469 e. The molecule has 1 atom stereocenters. The Morgan fingerprint density at radius 3 is 2.23 bits per heavy atom. The molecule has 0 amide bonds. The van der Waals surface area contributed by atoms with Crippen molar-refractivity contribution in [3.63, 3.8) is 0 Å². The van der Waals surface area contributed by atoms with Crippen LogP contribution in [-0.4, -0.2) is 37.8 Å². The number of carbonyl (C=O) groups is 3. The van der Waals surface area contributed by atoms with Crippen molar-refractivity contribution in [2.24, 2.45) is 10.4 Å². The van der Waals surface area contributed by atoms with Gasteiger partial charge in [0.05, 0.1) is 31.9 Å². The fourth-order valence-corrected chi connectivity index (χ4v) is 4.13. The van der Waals surface area contributed by atoms with Crippen LogP contribution in [0.2, 0.25) is 0 Å². The van der Waals surface area contributed by atoms with Gasteiger partial charge in [0.2, 0.25) is 5.90 Å². The minimum absolute atomic E-state index is 0.0518. The highest BCUT2D eigenvalue weighted by molar-refractivity contribution is 6.31. The number of hydrogen-bond donors (Lipinski definition) is 0. The molecule has 0 radical (unpaired) electrons. The van der Waals surface area contributed by atoms with Crippen molar-refractivity contribution >= 4 is 35.1 Å². The van der Waals surface area contributed by atoms with Gasteiger partial charge in [-0.1, -0.05) is 42.5 Å². The van der Waals surface area contributed by atoms with Gasteiger partial charge in [-0.15, -0.1) is 0 Å². The second-order valence-corrected chi connectivity index (χ2v) is 7.49. The SMILES string of the molecule is COC(=O)CC1(C(=O)OC)C(=Nc2c(C)cccc2C)OC2=C1C(=O)c1ccccc12. The topological polar surface area (TPSA) is 91.3 Å². The maximum atomic E-state index is 13.4. The molecule has 2 aromatic carbocycles. The Morgan fingerprint density at radius 1 is 0.968 bits per heavy atom. The van der Waals surface area contributed by atoms with Crippen molar-refractivity contribution in [1.29, 1.82) is 0 Å². The van der Waals surface area contributed by atoms with Crippen molar-refractivity contribution in [1.82, 2.24) is 0 Å². The maximum Gasteiger partial charge on any atom is 0.326 e. The number of ether oxygens (including phenoxy) is 3. The highest BCUT2D eigenvalue weighted by atomic mass is 16.5. The molecule has 0 spiro atoms. The number of para-hydroxylation sites is 1. The molecule has 4 rings (SSSR count). The second-order valence-electron chi connectivity index (χ2n) is 7.49. The average molecular weight is 419 g/mol. The van der Waals surface area contributed by atoms with Crippen molar-refractivity contribution in [3.8, 4) is 0 Å². The van der Waals surface area contributed by atoms with Gasteiger partial charge in [-0.05, 0) is 25.0 Å². The van der Waals surface area contributed by atoms with Crippen LogP contribution >= 0.6 is 0 Å². The lowest BCUT2D eigenvalue weighted by molar-refractivity contribution is -0.153. The first kappa shape index (κ1) is 20.5. The lowest BCUT2D eigenvalue weighted by atomic mass is 9.76. The molecule has 2 aromatic rings. The second kappa shape index (κ2) is 7.50. The Balaban J connectivity index is 2.01. The Hall–Kier alpha value is -3.74. The van der Waals surface area contributed by atoms with Crippen LogP contribution in [0, 0.1) is 19.3 Å². The number of rotatable bonds is 4. The average Bonchev–Trinajstić information content (AvgIpc) is 3.23. The predicted molar refractivity (Wildman–Crippen MR) is 113 cm³/mol. The summed E-state index contributed by atoms with van der Waals surface area (Å²) in [6.07, 6.45) is -0.474. The molecule has 7 heteroatoms. The molecule has 0 saturated heterocycles. The first-order valence-electron chi connectivity index (χ1n) is 9.72. The van der Waals surface area contributed by atoms with Gasteiger partial charge in [-0.2, -0.15) is 0 Å². The van der Waals surface area contributed by atoms with E-state index in [9.17, 15) is 14.4 Å². The number of hydrogen-bond acceptors (Lipinski definition) is 7. The van der Waals surface area contributed by atoms with Crippen LogP contribution in [0.4, 0.5) is 5.69 Å². The summed E-state index contributed by atoms with van der Waals surface area (Å²) in [6.45, 7) is 3.76. The molecule has 0 saturated carbocycles. The Kier molecular flexibility index (Phi) is 4.97. The van der Waals surface area contributed by atoms with Crippen molar-refractivity contribution in [2.75, 3.05) is 14.2 Å². The molecule has 31 heavy (non-hydrogen) atoms. The van der Waals surface area contributed by atoms with Crippen molar-refractivity contribution in [2.45, 2.75) is 20.3 Å². The molecule has 158 valence electrons. The number of benzene rings is 2. The molecule has 0 N–H and O–H groups in total. The van der Waals surface area contributed by atoms with E-state index >= 15 is 0 Å². The minimum atomic E-state index is -1.85. The molecular formula is C24H21NO6. The molecule has 1 aliphatic heterocycles. The quantitative estimate of drug-likeness (QED) is 0.702. The molecule has 1 aliphatic carbocycles. The summed E-state index contributed by atoms with van der Waals surface area (Å²) in [5.41, 5.74) is 1.46. The van der Waals surface area contributed by atoms with E-state index in [1.54, 1.807) is 24.3 Å². The van der Waals surface area contributed by atoms with E-state index in [1.165, 1.54) is 14.2 Å². The zero-order valence-corrected chi connectivity index (χ0v) is 17.6. The molecule has 2 aliphatic rings. The van der Waals surface area contributed by atoms with Gasteiger partial charge in [0, 0.05) is 11.1 Å². The standard InChI is InChI=1S/C24H21NO6/c1-13-8-7-9-14(2)19(13)25-22-24(23(28)30-4,12-17(26)29-3)18-20(27)15-10-5-6-11-16(15)21(18)31-22/h5-11H,12H2,1-4H3. The predicted octanol–water partition coefficient (Wildman–Crippen LogP) is 3.69. The van der Waals surface area contributed by atoms with E-state index < -0.39 is 29.6 Å². The Labute approximate surface area is 179 Å². The maximum absolute atomic E-state index is 13.4. The van der Waals surface area contributed by atoms with E-state index in [1.807, 2.05) is 32.0 Å². The summed E-state index contributed by atoms with van der Waals surface area (Å²) >= 11 is 0. The number of esters is 2. The van der Waals surface area contributed by atoms with E-state index in [4.69, 9.17) is 14.2 Å². The van der Waals surface area contributed by atoms with Crippen LogP contribution in [0.25, 0.3) is 5.76 Å². The van der Waals surface area contributed by atoms with Crippen LogP contribution < -0.4 is 0 Å². The van der Waals surface area contributed by atoms with E-state index in [-0.39, 0.29) is 17.2 Å². The van der Waals surface area contributed by atoms with Crippen LogP contribution in [-0.2, 0) is 23.8 Å². The lowest BCUT2D eigenvalue weighted by Crippen LogP contribution is -2.43. The first-order chi connectivity index (χ1) is 14.8. The van der Waals surface area contributed by atoms with Gasteiger partial charge < -0.3 is 14.2 Å². The largest absolute Gasteiger partial charge is 0.469 e. The number of nitrogens with zero attached hydrogens (tertiary/aromatic N) is 1. The zero-order chi connectivity index (χ0) is 22.3. The van der Waals surface area contributed by atoms with Crippen molar-refractivity contribution < 1.29 is 28.6 Å². The number of aliphatic imine (C=N–C) groups is 1. The smallest absolute Gasteiger partial charge is 0.326 e. The first-order valence-corrected chi connectivity index (χ1v) is 9.72. The number of methoxy groups -OCH3 is 2. The summed E-state index contributed by atoms with van der Waals surface area (Å²) < 4.78 is 16.0. The molecule has 0 bridgehead atoms. The fourth-order valence-electron chi connectivity index (χ4n) is 4.13. The molecular weight excluding hydrogens is 398 g/mol. The third-order valence-electron chi connectivity index (χ3n) is 5.68. The highest BCUT2D eigenvalue weighted by Crippen LogP contribution is 2.53. The van der Waals surface area contributed by atoms with Gasteiger partial charge in [0.15, 0.2) is 11.2 Å². The van der Waals surface area contributed by atoms with Gasteiger partial charge in [0.1, 0.15) is 5.76 Å². The van der Waals surface area contributed by atoms with Gasteiger partial charge >= 0.3 is 11.9 Å². The van der Waals surface area contributed by atoms with E-state index in [0.29, 0.717) is 16.8 Å². The number of ketones is 1. The van der Waals surface area contributed by atoms with Gasteiger partial charge in [-0.3, -0.25) is 14.4 Å². The van der Waals surface area contributed by atoms with Crippen molar-refractivity contribution in [3.05, 3.63) is 70.3 Å². The number of fused-ring (bicyclic) bond motifs is 2. The van der Waals surface area contributed by atoms with E-state index in [2.05, 4.69) is 4.99 Å². The third-order valence-corrected chi connectivity index (χ3v) is 5.68. The summed E-state index contributed by atoms with van der Waals surface area (Å²) in [5.74, 6) is -1.75. The third kappa shape index (κ3) is 2.96. The summed E-state index contributed by atoms with van der Waals surface area (Å²) in [4.78, 5) is 43.7. The van der Waals surface area contributed by atoms with Crippen LogP contribution in [0.3, 0.4) is 0 Å². The molecule has 0 fully saturated rings. The van der Waals surface area contributed by atoms with Gasteiger partial charge in [-0.25, -0.2) is 4.99 Å². The fraction of sp³-hybridized carbons (Fsp3) is 0.250. The molecule has 1 unspecified atom stereocenters. The lowest BCUT2D eigenvalue weighted by Gasteiger charge is -2.26. The number of aryl methyl sites for hydroxylation is 2. The van der Waals surface area contributed by atoms with Gasteiger partial charge in [0.25, 0.3) is 0 Å². The summed E-state index contributed by atoms with van der Waals surface area (Å²) in [7, 11) is 2.41.